The molecule has 0 unspecified atom stereocenters. The van der Waals surface area contributed by atoms with Crippen LogP contribution in [0.5, 0.6) is 0 Å². The van der Waals surface area contributed by atoms with Gasteiger partial charge in [0.2, 0.25) is 5.82 Å². The third-order valence-corrected chi connectivity index (χ3v) is 3.13. The molecular formula is C12H8FN3OS. The SMILES string of the molecule is Nc1cc(-c2nc(-c3ccsc3)no2)ccc1F. The van der Waals surface area contributed by atoms with Gasteiger partial charge in [0.05, 0.1) is 5.69 Å². The summed E-state index contributed by atoms with van der Waals surface area (Å²) >= 11 is 1.55. The summed E-state index contributed by atoms with van der Waals surface area (Å²) in [5, 5.41) is 7.73. The van der Waals surface area contributed by atoms with Gasteiger partial charge >= 0.3 is 0 Å². The first-order valence-electron chi connectivity index (χ1n) is 5.16. The molecule has 6 heteroatoms. The zero-order valence-electron chi connectivity index (χ0n) is 9.13. The Labute approximate surface area is 106 Å². The molecule has 0 radical (unpaired) electrons. The van der Waals surface area contributed by atoms with Crippen LogP contribution in [0.3, 0.4) is 0 Å². The first kappa shape index (κ1) is 10.9. The fourth-order valence-electron chi connectivity index (χ4n) is 1.53. The molecule has 0 aliphatic carbocycles. The van der Waals surface area contributed by atoms with Crippen molar-refractivity contribution in [1.29, 1.82) is 0 Å². The van der Waals surface area contributed by atoms with Crippen LogP contribution in [0.15, 0.2) is 39.5 Å². The third kappa shape index (κ3) is 1.86. The van der Waals surface area contributed by atoms with Gasteiger partial charge in [-0.05, 0) is 29.6 Å². The normalized spacial score (nSPS) is 10.7. The van der Waals surface area contributed by atoms with E-state index in [2.05, 4.69) is 10.1 Å². The molecule has 0 aliphatic rings. The van der Waals surface area contributed by atoms with E-state index in [1.165, 1.54) is 12.1 Å². The summed E-state index contributed by atoms with van der Waals surface area (Å²) in [6, 6.07) is 6.20. The number of thiophene rings is 1. The van der Waals surface area contributed by atoms with E-state index < -0.39 is 5.82 Å². The Kier molecular flexibility index (Phi) is 2.56. The largest absolute Gasteiger partial charge is 0.396 e. The van der Waals surface area contributed by atoms with Crippen LogP contribution in [-0.4, -0.2) is 10.1 Å². The predicted molar refractivity (Wildman–Crippen MR) is 67.4 cm³/mol. The maximum atomic E-state index is 13.1. The molecule has 2 N–H and O–H groups in total. The van der Waals surface area contributed by atoms with Crippen molar-refractivity contribution in [3.63, 3.8) is 0 Å². The lowest BCUT2D eigenvalue weighted by Crippen LogP contribution is -1.90. The zero-order valence-corrected chi connectivity index (χ0v) is 9.95. The molecule has 0 bridgehead atoms. The van der Waals surface area contributed by atoms with Gasteiger partial charge in [0.15, 0.2) is 0 Å². The van der Waals surface area contributed by atoms with Crippen molar-refractivity contribution >= 4 is 17.0 Å². The summed E-state index contributed by atoms with van der Waals surface area (Å²) in [6.45, 7) is 0. The average molecular weight is 261 g/mol. The highest BCUT2D eigenvalue weighted by atomic mass is 32.1. The van der Waals surface area contributed by atoms with Gasteiger partial charge in [0, 0.05) is 16.5 Å². The number of halogens is 1. The highest BCUT2D eigenvalue weighted by Gasteiger charge is 2.11. The molecule has 3 aromatic rings. The minimum atomic E-state index is -0.462. The fraction of sp³-hybridized carbons (Fsp3) is 0. The van der Waals surface area contributed by atoms with Crippen molar-refractivity contribution in [2.75, 3.05) is 5.73 Å². The van der Waals surface area contributed by atoms with E-state index in [0.29, 0.717) is 17.3 Å². The van der Waals surface area contributed by atoms with Crippen LogP contribution in [0.4, 0.5) is 10.1 Å². The molecule has 18 heavy (non-hydrogen) atoms. The number of hydrogen-bond donors (Lipinski definition) is 1. The molecule has 0 spiro atoms. The molecule has 0 atom stereocenters. The highest BCUT2D eigenvalue weighted by Crippen LogP contribution is 2.25. The summed E-state index contributed by atoms with van der Waals surface area (Å²) < 4.78 is 18.2. The van der Waals surface area contributed by atoms with Crippen LogP contribution in [0, 0.1) is 5.82 Å². The second-order valence-corrected chi connectivity index (χ2v) is 4.45. The molecule has 0 saturated heterocycles. The molecule has 0 fully saturated rings. The Morgan fingerprint density at radius 2 is 2.11 bits per heavy atom. The van der Waals surface area contributed by atoms with Gasteiger partial charge in [0.1, 0.15) is 5.82 Å². The van der Waals surface area contributed by atoms with Crippen LogP contribution < -0.4 is 5.73 Å². The number of nitrogen functional groups attached to an aromatic ring is 1. The predicted octanol–water partition coefficient (Wildman–Crippen LogP) is 3.19. The summed E-state index contributed by atoms with van der Waals surface area (Å²) in [4.78, 5) is 4.24. The number of nitrogens with two attached hydrogens (primary N) is 1. The van der Waals surface area contributed by atoms with Crippen molar-refractivity contribution in [3.8, 4) is 22.8 Å². The van der Waals surface area contributed by atoms with E-state index in [9.17, 15) is 4.39 Å². The van der Waals surface area contributed by atoms with Crippen LogP contribution in [0.25, 0.3) is 22.8 Å². The third-order valence-electron chi connectivity index (χ3n) is 2.45. The summed E-state index contributed by atoms with van der Waals surface area (Å²) in [5.74, 6) is 0.369. The van der Waals surface area contributed by atoms with Crippen molar-refractivity contribution in [3.05, 3.63) is 40.8 Å². The first-order chi connectivity index (χ1) is 8.74. The van der Waals surface area contributed by atoms with Crippen LogP contribution in [0.2, 0.25) is 0 Å². The zero-order chi connectivity index (χ0) is 12.5. The molecule has 0 saturated carbocycles. The van der Waals surface area contributed by atoms with Gasteiger partial charge in [-0.2, -0.15) is 16.3 Å². The maximum Gasteiger partial charge on any atom is 0.258 e. The molecular weight excluding hydrogens is 253 g/mol. The lowest BCUT2D eigenvalue weighted by molar-refractivity contribution is 0.432. The lowest BCUT2D eigenvalue weighted by atomic mass is 10.2. The van der Waals surface area contributed by atoms with Crippen molar-refractivity contribution < 1.29 is 8.91 Å². The van der Waals surface area contributed by atoms with Crippen LogP contribution in [-0.2, 0) is 0 Å². The standard InChI is InChI=1S/C12H8FN3OS/c13-9-2-1-7(5-10(9)14)12-15-11(16-17-12)8-3-4-18-6-8/h1-6H,14H2. The quantitative estimate of drug-likeness (QED) is 0.719. The second kappa shape index (κ2) is 4.23. The Morgan fingerprint density at radius 3 is 2.83 bits per heavy atom. The number of hydrogen-bond acceptors (Lipinski definition) is 5. The lowest BCUT2D eigenvalue weighted by Gasteiger charge is -1.97. The Hall–Kier alpha value is -2.21. The molecule has 4 nitrogen and oxygen atoms in total. The summed E-state index contributed by atoms with van der Waals surface area (Å²) in [6.07, 6.45) is 0. The number of benzene rings is 1. The maximum absolute atomic E-state index is 13.1. The first-order valence-corrected chi connectivity index (χ1v) is 6.10. The molecule has 90 valence electrons. The average Bonchev–Trinajstić information content (AvgIpc) is 3.01. The van der Waals surface area contributed by atoms with Crippen LogP contribution >= 0.6 is 11.3 Å². The molecule has 0 amide bonds. The van der Waals surface area contributed by atoms with Crippen molar-refractivity contribution in [2.24, 2.45) is 0 Å². The van der Waals surface area contributed by atoms with Crippen molar-refractivity contribution in [1.82, 2.24) is 10.1 Å². The molecule has 2 aromatic heterocycles. The molecule has 3 rings (SSSR count). The molecule has 0 aliphatic heterocycles. The van der Waals surface area contributed by atoms with Gasteiger partial charge in [-0.1, -0.05) is 5.16 Å². The van der Waals surface area contributed by atoms with Gasteiger partial charge < -0.3 is 10.3 Å². The summed E-state index contributed by atoms with van der Waals surface area (Å²) in [7, 11) is 0. The van der Waals surface area contributed by atoms with Crippen molar-refractivity contribution in [2.45, 2.75) is 0 Å². The Morgan fingerprint density at radius 1 is 1.22 bits per heavy atom. The molecule has 2 heterocycles. The fourth-order valence-corrected chi connectivity index (χ4v) is 2.16. The molecule has 1 aromatic carbocycles. The van der Waals surface area contributed by atoms with E-state index in [-0.39, 0.29) is 5.69 Å². The smallest absolute Gasteiger partial charge is 0.258 e. The van der Waals surface area contributed by atoms with Crippen LogP contribution in [0.1, 0.15) is 0 Å². The Bertz CT molecular complexity index is 678. The Balaban J connectivity index is 2.00. The van der Waals surface area contributed by atoms with E-state index in [1.54, 1.807) is 17.4 Å². The number of rotatable bonds is 2. The van der Waals surface area contributed by atoms with E-state index in [0.717, 1.165) is 5.56 Å². The minimum absolute atomic E-state index is 0.0581. The van der Waals surface area contributed by atoms with Gasteiger partial charge in [-0.25, -0.2) is 4.39 Å². The number of anilines is 1. The number of aromatic nitrogens is 2. The van der Waals surface area contributed by atoms with E-state index in [4.69, 9.17) is 10.3 Å². The van der Waals surface area contributed by atoms with Gasteiger partial charge in [-0.3, -0.25) is 0 Å². The van der Waals surface area contributed by atoms with E-state index >= 15 is 0 Å². The highest BCUT2D eigenvalue weighted by molar-refractivity contribution is 7.08. The van der Waals surface area contributed by atoms with Gasteiger partial charge in [0.25, 0.3) is 5.89 Å². The topological polar surface area (TPSA) is 64.9 Å². The number of nitrogens with zero attached hydrogens (tertiary/aromatic N) is 2. The minimum Gasteiger partial charge on any atom is -0.396 e. The van der Waals surface area contributed by atoms with Gasteiger partial charge in [-0.15, -0.1) is 0 Å². The summed E-state index contributed by atoms with van der Waals surface area (Å²) in [5.41, 5.74) is 7.05. The second-order valence-electron chi connectivity index (χ2n) is 3.67. The monoisotopic (exact) mass is 261 g/mol. The van der Waals surface area contributed by atoms with E-state index in [1.807, 2.05) is 16.8 Å².